The summed E-state index contributed by atoms with van der Waals surface area (Å²) in [5.74, 6) is 0.531. The predicted octanol–water partition coefficient (Wildman–Crippen LogP) is 3.31. The number of ether oxygens (including phenoxy) is 2. The lowest BCUT2D eigenvalue weighted by Crippen LogP contribution is -2.45. The van der Waals surface area contributed by atoms with Gasteiger partial charge in [0.05, 0.1) is 14.2 Å². The van der Waals surface area contributed by atoms with E-state index >= 15 is 0 Å². The Morgan fingerprint density at radius 1 is 1.00 bits per heavy atom. The minimum atomic E-state index is -0.834. The molecule has 2 atom stereocenters. The van der Waals surface area contributed by atoms with Gasteiger partial charge in [-0.3, -0.25) is 4.79 Å². The number of aliphatic carboxylic acids is 1. The third kappa shape index (κ3) is 5.49. The first-order valence-electron chi connectivity index (χ1n) is 8.81. The molecule has 2 aromatic carbocycles. The van der Waals surface area contributed by atoms with Crippen LogP contribution in [0.4, 0.5) is 0 Å². The van der Waals surface area contributed by atoms with E-state index in [0.29, 0.717) is 17.9 Å². The molecular weight excluding hydrogens is 330 g/mol. The SMILES string of the molecule is CCC(Cc1ccc(OC)c(OC)c1)N[C@H](Cc1ccccc1)C(=O)O. The molecule has 0 aliphatic heterocycles. The van der Waals surface area contributed by atoms with Crippen molar-refractivity contribution in [2.75, 3.05) is 14.2 Å². The molecule has 0 aliphatic rings. The van der Waals surface area contributed by atoms with Crippen molar-refractivity contribution in [1.82, 2.24) is 5.32 Å². The number of hydrogen-bond donors (Lipinski definition) is 2. The molecule has 0 aliphatic carbocycles. The molecule has 0 radical (unpaired) electrons. The Hall–Kier alpha value is -2.53. The van der Waals surface area contributed by atoms with E-state index in [0.717, 1.165) is 24.0 Å². The first-order valence-corrected chi connectivity index (χ1v) is 8.81. The summed E-state index contributed by atoms with van der Waals surface area (Å²) in [4.78, 5) is 11.7. The van der Waals surface area contributed by atoms with E-state index in [1.165, 1.54) is 0 Å². The fourth-order valence-electron chi connectivity index (χ4n) is 2.97. The van der Waals surface area contributed by atoms with Crippen LogP contribution < -0.4 is 14.8 Å². The van der Waals surface area contributed by atoms with Gasteiger partial charge in [0.15, 0.2) is 11.5 Å². The summed E-state index contributed by atoms with van der Waals surface area (Å²) in [7, 11) is 3.21. The Labute approximate surface area is 155 Å². The summed E-state index contributed by atoms with van der Waals surface area (Å²) < 4.78 is 10.6. The minimum Gasteiger partial charge on any atom is -0.493 e. The Morgan fingerprint density at radius 2 is 1.69 bits per heavy atom. The van der Waals surface area contributed by atoms with Crippen molar-refractivity contribution < 1.29 is 19.4 Å². The van der Waals surface area contributed by atoms with Crippen molar-refractivity contribution in [3.63, 3.8) is 0 Å². The number of rotatable bonds is 10. The number of carbonyl (C=O) groups is 1. The highest BCUT2D eigenvalue weighted by Crippen LogP contribution is 2.28. The molecule has 0 heterocycles. The van der Waals surface area contributed by atoms with Gasteiger partial charge in [0.25, 0.3) is 0 Å². The molecule has 1 unspecified atom stereocenters. The lowest BCUT2D eigenvalue weighted by molar-refractivity contribution is -0.139. The fraction of sp³-hybridized carbons (Fsp3) is 0.381. The summed E-state index contributed by atoms with van der Waals surface area (Å²) in [5, 5.41) is 12.9. The maximum Gasteiger partial charge on any atom is 0.321 e. The Morgan fingerprint density at radius 3 is 2.27 bits per heavy atom. The summed E-state index contributed by atoms with van der Waals surface area (Å²) >= 11 is 0. The second kappa shape index (κ2) is 9.82. The second-order valence-electron chi connectivity index (χ2n) is 6.25. The smallest absolute Gasteiger partial charge is 0.321 e. The molecule has 0 aromatic heterocycles. The quantitative estimate of drug-likeness (QED) is 0.683. The average Bonchev–Trinajstić information content (AvgIpc) is 2.67. The molecule has 5 heteroatoms. The van der Waals surface area contributed by atoms with Gasteiger partial charge in [0.1, 0.15) is 6.04 Å². The number of hydrogen-bond acceptors (Lipinski definition) is 4. The van der Waals surface area contributed by atoms with Crippen LogP contribution in [0, 0.1) is 0 Å². The third-order valence-electron chi connectivity index (χ3n) is 4.44. The predicted molar refractivity (Wildman–Crippen MR) is 102 cm³/mol. The van der Waals surface area contributed by atoms with Crippen molar-refractivity contribution >= 4 is 5.97 Å². The highest BCUT2D eigenvalue weighted by Gasteiger charge is 2.21. The second-order valence-corrected chi connectivity index (χ2v) is 6.25. The number of methoxy groups -OCH3 is 2. The van der Waals surface area contributed by atoms with Gasteiger partial charge in [0, 0.05) is 6.04 Å². The van der Waals surface area contributed by atoms with Crippen LogP contribution in [0.3, 0.4) is 0 Å². The summed E-state index contributed by atoms with van der Waals surface area (Å²) in [6.07, 6.45) is 2.00. The Balaban J connectivity index is 2.07. The van der Waals surface area contributed by atoms with Gasteiger partial charge in [-0.05, 0) is 42.5 Å². The maximum absolute atomic E-state index is 11.7. The minimum absolute atomic E-state index is 0.0536. The van der Waals surface area contributed by atoms with E-state index in [1.54, 1.807) is 14.2 Å². The van der Waals surface area contributed by atoms with Gasteiger partial charge in [-0.15, -0.1) is 0 Å². The Bertz CT molecular complexity index is 702. The molecule has 2 rings (SSSR count). The molecule has 2 N–H and O–H groups in total. The van der Waals surface area contributed by atoms with E-state index < -0.39 is 12.0 Å². The zero-order valence-electron chi connectivity index (χ0n) is 15.6. The lowest BCUT2D eigenvalue weighted by atomic mass is 10.00. The van der Waals surface area contributed by atoms with Crippen molar-refractivity contribution in [1.29, 1.82) is 0 Å². The normalized spacial score (nSPS) is 13.0. The third-order valence-corrected chi connectivity index (χ3v) is 4.44. The van der Waals surface area contributed by atoms with Gasteiger partial charge in [0.2, 0.25) is 0 Å². The van der Waals surface area contributed by atoms with Crippen molar-refractivity contribution in [3.05, 3.63) is 59.7 Å². The molecule has 0 bridgehead atoms. The highest BCUT2D eigenvalue weighted by atomic mass is 16.5. The van der Waals surface area contributed by atoms with Crippen LogP contribution in [0.5, 0.6) is 11.5 Å². The number of nitrogens with one attached hydrogen (secondary N) is 1. The van der Waals surface area contributed by atoms with Gasteiger partial charge < -0.3 is 19.9 Å². The molecule has 0 saturated heterocycles. The molecule has 0 spiro atoms. The van der Waals surface area contributed by atoms with Gasteiger partial charge in [-0.2, -0.15) is 0 Å². The van der Waals surface area contributed by atoms with Crippen LogP contribution in [-0.4, -0.2) is 37.4 Å². The summed E-state index contributed by atoms with van der Waals surface area (Å²) in [6, 6.07) is 14.9. The van der Waals surface area contributed by atoms with E-state index in [-0.39, 0.29) is 6.04 Å². The molecule has 0 amide bonds. The van der Waals surface area contributed by atoms with Crippen LogP contribution in [0.1, 0.15) is 24.5 Å². The fourth-order valence-corrected chi connectivity index (χ4v) is 2.97. The standard InChI is InChI=1S/C21H27NO4/c1-4-17(12-16-10-11-19(25-2)20(14-16)26-3)22-18(21(23)24)13-15-8-6-5-7-9-15/h5-11,14,17-18,22H,4,12-13H2,1-3H3,(H,23,24)/t17?,18-/m1/s1. The summed E-state index contributed by atoms with van der Waals surface area (Å²) in [5.41, 5.74) is 2.08. The van der Waals surface area contributed by atoms with Gasteiger partial charge in [-0.25, -0.2) is 0 Å². The average molecular weight is 357 g/mol. The first kappa shape index (κ1) is 19.8. The van der Waals surface area contributed by atoms with Crippen LogP contribution >= 0.6 is 0 Å². The van der Waals surface area contributed by atoms with Crippen LogP contribution in [-0.2, 0) is 17.6 Å². The summed E-state index contributed by atoms with van der Waals surface area (Å²) in [6.45, 7) is 2.06. The number of carboxylic acids is 1. The van der Waals surface area contributed by atoms with Crippen molar-refractivity contribution in [2.45, 2.75) is 38.3 Å². The molecule has 0 fully saturated rings. The number of carboxylic acid groups (broad SMARTS) is 1. The van der Waals surface area contributed by atoms with Crippen LogP contribution in [0.2, 0.25) is 0 Å². The zero-order chi connectivity index (χ0) is 18.9. The first-order chi connectivity index (χ1) is 12.6. The van der Waals surface area contributed by atoms with Gasteiger partial charge >= 0.3 is 5.97 Å². The van der Waals surface area contributed by atoms with Crippen molar-refractivity contribution in [3.8, 4) is 11.5 Å². The molecule has 5 nitrogen and oxygen atoms in total. The van der Waals surface area contributed by atoms with Crippen molar-refractivity contribution in [2.24, 2.45) is 0 Å². The lowest BCUT2D eigenvalue weighted by Gasteiger charge is -2.23. The zero-order valence-corrected chi connectivity index (χ0v) is 15.6. The molecule has 0 saturated carbocycles. The van der Waals surface area contributed by atoms with Crippen LogP contribution in [0.15, 0.2) is 48.5 Å². The molecule has 26 heavy (non-hydrogen) atoms. The van der Waals surface area contributed by atoms with E-state index in [2.05, 4.69) is 12.2 Å². The number of benzene rings is 2. The van der Waals surface area contributed by atoms with E-state index in [4.69, 9.17) is 9.47 Å². The van der Waals surface area contributed by atoms with Gasteiger partial charge in [-0.1, -0.05) is 43.3 Å². The molecular formula is C21H27NO4. The van der Waals surface area contributed by atoms with Crippen LogP contribution in [0.25, 0.3) is 0 Å². The maximum atomic E-state index is 11.7. The molecule has 140 valence electrons. The highest BCUT2D eigenvalue weighted by molar-refractivity contribution is 5.74. The monoisotopic (exact) mass is 357 g/mol. The topological polar surface area (TPSA) is 67.8 Å². The van der Waals surface area contributed by atoms with E-state index in [9.17, 15) is 9.90 Å². The molecule has 2 aromatic rings. The van der Waals surface area contributed by atoms with E-state index in [1.807, 2.05) is 48.5 Å². The Kier molecular flexibility index (Phi) is 7.48. The largest absolute Gasteiger partial charge is 0.493 e.